The van der Waals surface area contributed by atoms with Gasteiger partial charge in [-0.15, -0.1) is 0 Å². The Labute approximate surface area is 149 Å². The Morgan fingerprint density at radius 1 is 1.16 bits per heavy atom. The minimum absolute atomic E-state index is 0.619. The van der Waals surface area contributed by atoms with Crippen LogP contribution in [0.25, 0.3) is 0 Å². The number of carbonyl (C=O) groups is 1. The van der Waals surface area contributed by atoms with E-state index in [0.29, 0.717) is 6.54 Å². The van der Waals surface area contributed by atoms with Crippen molar-refractivity contribution in [1.82, 2.24) is 9.88 Å². The summed E-state index contributed by atoms with van der Waals surface area (Å²) in [6.07, 6.45) is 6.09. The molecule has 0 saturated carbocycles. The molecule has 0 spiro atoms. The fraction of sp³-hybridized carbons (Fsp3) is 0.429. The third-order valence-electron chi connectivity index (χ3n) is 5.18. The van der Waals surface area contributed by atoms with E-state index in [2.05, 4.69) is 22.0 Å². The number of rotatable bonds is 7. The number of carboxylic acids is 1. The summed E-state index contributed by atoms with van der Waals surface area (Å²) in [4.78, 5) is 18.7. The standard InChI is InChI=1S/C21H26N2O2/c24-20(25)21(12-6-10-18-8-2-1-3-9-18)13-7-15-23(17-21)16-19-11-4-5-14-22-19/h1-5,8-9,11,14H,6-7,10,12-13,15-17H2,(H,24,25)/t21-/m0/s1. The van der Waals surface area contributed by atoms with Gasteiger partial charge in [-0.05, 0) is 56.3 Å². The molecule has 1 aliphatic heterocycles. The number of pyridine rings is 1. The molecule has 2 heterocycles. The first-order chi connectivity index (χ1) is 12.2. The van der Waals surface area contributed by atoms with E-state index in [9.17, 15) is 9.90 Å². The monoisotopic (exact) mass is 338 g/mol. The predicted molar refractivity (Wildman–Crippen MR) is 98.2 cm³/mol. The van der Waals surface area contributed by atoms with E-state index in [1.54, 1.807) is 6.20 Å². The number of hydrogen-bond donors (Lipinski definition) is 1. The van der Waals surface area contributed by atoms with Crippen LogP contribution in [0, 0.1) is 5.41 Å². The van der Waals surface area contributed by atoms with Gasteiger partial charge in [0.05, 0.1) is 11.1 Å². The molecular weight excluding hydrogens is 312 g/mol. The van der Waals surface area contributed by atoms with Crippen LogP contribution in [-0.4, -0.2) is 34.0 Å². The molecule has 0 amide bonds. The van der Waals surface area contributed by atoms with Crippen LogP contribution < -0.4 is 0 Å². The van der Waals surface area contributed by atoms with Crippen LogP contribution in [0.15, 0.2) is 54.7 Å². The molecule has 1 aromatic carbocycles. The number of aryl methyl sites for hydroxylation is 1. The Kier molecular flexibility index (Phi) is 5.82. The average molecular weight is 338 g/mol. The molecule has 25 heavy (non-hydrogen) atoms. The summed E-state index contributed by atoms with van der Waals surface area (Å²) in [7, 11) is 0. The summed E-state index contributed by atoms with van der Waals surface area (Å²) in [6, 6.07) is 16.2. The van der Waals surface area contributed by atoms with E-state index in [-0.39, 0.29) is 0 Å². The summed E-state index contributed by atoms with van der Waals surface area (Å²) in [5.74, 6) is -0.647. The second kappa shape index (κ2) is 8.26. The summed E-state index contributed by atoms with van der Waals surface area (Å²) in [5.41, 5.74) is 1.67. The highest BCUT2D eigenvalue weighted by Crippen LogP contribution is 2.36. The lowest BCUT2D eigenvalue weighted by Crippen LogP contribution is -2.47. The van der Waals surface area contributed by atoms with E-state index in [1.807, 2.05) is 36.4 Å². The Morgan fingerprint density at radius 3 is 2.68 bits per heavy atom. The van der Waals surface area contributed by atoms with Crippen molar-refractivity contribution in [2.24, 2.45) is 5.41 Å². The molecule has 132 valence electrons. The van der Waals surface area contributed by atoms with Crippen LogP contribution in [0.3, 0.4) is 0 Å². The fourth-order valence-corrected chi connectivity index (χ4v) is 3.84. The normalized spacial score (nSPS) is 21.1. The third kappa shape index (κ3) is 4.67. The quantitative estimate of drug-likeness (QED) is 0.835. The van der Waals surface area contributed by atoms with Gasteiger partial charge < -0.3 is 5.11 Å². The number of benzene rings is 1. The van der Waals surface area contributed by atoms with E-state index < -0.39 is 11.4 Å². The van der Waals surface area contributed by atoms with Gasteiger partial charge in [-0.1, -0.05) is 36.4 Å². The number of aromatic nitrogens is 1. The molecule has 1 aliphatic rings. The van der Waals surface area contributed by atoms with Gasteiger partial charge in [0.25, 0.3) is 0 Å². The zero-order chi connectivity index (χ0) is 17.5. The SMILES string of the molecule is O=C(O)[C@@]1(CCCc2ccccc2)CCCN(Cc2ccccn2)C1. The maximum Gasteiger partial charge on any atom is 0.310 e. The molecule has 3 rings (SSSR count). The van der Waals surface area contributed by atoms with E-state index in [0.717, 1.165) is 50.9 Å². The second-order valence-electron chi connectivity index (χ2n) is 7.06. The molecule has 2 aromatic rings. The molecule has 1 fully saturated rings. The maximum atomic E-state index is 12.1. The molecule has 4 nitrogen and oxygen atoms in total. The zero-order valence-corrected chi connectivity index (χ0v) is 14.6. The topological polar surface area (TPSA) is 53.4 Å². The van der Waals surface area contributed by atoms with Crippen molar-refractivity contribution in [3.05, 3.63) is 66.0 Å². The van der Waals surface area contributed by atoms with Gasteiger partial charge in [-0.3, -0.25) is 14.7 Å². The average Bonchev–Trinajstić information content (AvgIpc) is 2.64. The van der Waals surface area contributed by atoms with E-state index in [4.69, 9.17) is 0 Å². The van der Waals surface area contributed by atoms with E-state index >= 15 is 0 Å². The molecule has 1 saturated heterocycles. The third-order valence-corrected chi connectivity index (χ3v) is 5.18. The van der Waals surface area contributed by atoms with Gasteiger partial charge in [0, 0.05) is 19.3 Å². The molecule has 4 heteroatoms. The number of carboxylic acid groups (broad SMARTS) is 1. The summed E-state index contributed by atoms with van der Waals surface area (Å²) >= 11 is 0. The predicted octanol–water partition coefficient (Wildman–Crippen LogP) is 3.77. The Hall–Kier alpha value is -2.20. The van der Waals surface area contributed by atoms with Crippen molar-refractivity contribution < 1.29 is 9.90 Å². The summed E-state index contributed by atoms with van der Waals surface area (Å²) < 4.78 is 0. The van der Waals surface area contributed by atoms with Crippen molar-refractivity contribution in [2.45, 2.75) is 38.6 Å². The first-order valence-corrected chi connectivity index (χ1v) is 9.08. The highest BCUT2D eigenvalue weighted by atomic mass is 16.4. The number of hydrogen-bond acceptors (Lipinski definition) is 3. The highest BCUT2D eigenvalue weighted by molar-refractivity contribution is 5.75. The van der Waals surface area contributed by atoms with Crippen molar-refractivity contribution in [3.8, 4) is 0 Å². The van der Waals surface area contributed by atoms with Crippen LogP contribution in [0.2, 0.25) is 0 Å². The summed E-state index contributed by atoms with van der Waals surface area (Å²) in [5, 5.41) is 9.93. The van der Waals surface area contributed by atoms with Gasteiger partial charge >= 0.3 is 5.97 Å². The zero-order valence-electron chi connectivity index (χ0n) is 14.6. The lowest BCUT2D eigenvalue weighted by molar-refractivity contribution is -0.153. The molecule has 0 aliphatic carbocycles. The number of likely N-dealkylation sites (tertiary alicyclic amines) is 1. The molecule has 0 radical (unpaired) electrons. The minimum atomic E-state index is -0.647. The van der Waals surface area contributed by atoms with E-state index in [1.165, 1.54) is 5.56 Å². The second-order valence-corrected chi connectivity index (χ2v) is 7.06. The number of aliphatic carboxylic acids is 1. The lowest BCUT2D eigenvalue weighted by Gasteiger charge is -2.40. The lowest BCUT2D eigenvalue weighted by atomic mass is 9.75. The van der Waals surface area contributed by atoms with Gasteiger partial charge in [-0.25, -0.2) is 0 Å². The number of nitrogens with zero attached hydrogens (tertiary/aromatic N) is 2. The van der Waals surface area contributed by atoms with Gasteiger partial charge in [0.2, 0.25) is 0 Å². The smallest absolute Gasteiger partial charge is 0.310 e. The molecule has 1 atom stereocenters. The molecular formula is C21H26N2O2. The van der Waals surface area contributed by atoms with Gasteiger partial charge in [0.1, 0.15) is 0 Å². The first kappa shape index (κ1) is 17.6. The first-order valence-electron chi connectivity index (χ1n) is 9.08. The molecule has 1 aromatic heterocycles. The summed E-state index contributed by atoms with van der Waals surface area (Å²) in [6.45, 7) is 2.30. The van der Waals surface area contributed by atoms with Gasteiger partial charge in [-0.2, -0.15) is 0 Å². The van der Waals surface area contributed by atoms with Crippen molar-refractivity contribution in [2.75, 3.05) is 13.1 Å². The van der Waals surface area contributed by atoms with Crippen molar-refractivity contribution in [1.29, 1.82) is 0 Å². The highest BCUT2D eigenvalue weighted by Gasteiger charge is 2.41. The maximum absolute atomic E-state index is 12.1. The van der Waals surface area contributed by atoms with Crippen LogP contribution in [-0.2, 0) is 17.8 Å². The Morgan fingerprint density at radius 2 is 1.96 bits per heavy atom. The van der Waals surface area contributed by atoms with Crippen molar-refractivity contribution >= 4 is 5.97 Å². The minimum Gasteiger partial charge on any atom is -0.481 e. The van der Waals surface area contributed by atoms with Crippen LogP contribution in [0.5, 0.6) is 0 Å². The Bertz CT molecular complexity index is 675. The van der Waals surface area contributed by atoms with Crippen LogP contribution in [0.1, 0.15) is 36.9 Å². The molecule has 0 unspecified atom stereocenters. The van der Waals surface area contributed by atoms with Crippen LogP contribution >= 0.6 is 0 Å². The van der Waals surface area contributed by atoms with Crippen LogP contribution in [0.4, 0.5) is 0 Å². The largest absolute Gasteiger partial charge is 0.481 e. The molecule has 1 N–H and O–H groups in total. The van der Waals surface area contributed by atoms with Gasteiger partial charge in [0.15, 0.2) is 0 Å². The number of piperidine rings is 1. The molecule has 0 bridgehead atoms. The Balaban J connectivity index is 1.61. The fourth-order valence-electron chi connectivity index (χ4n) is 3.84. The van der Waals surface area contributed by atoms with Crippen molar-refractivity contribution in [3.63, 3.8) is 0 Å².